The van der Waals surface area contributed by atoms with Gasteiger partial charge in [0.15, 0.2) is 5.96 Å². The third-order valence-corrected chi connectivity index (χ3v) is 5.97. The summed E-state index contributed by atoms with van der Waals surface area (Å²) in [6.07, 6.45) is 9.57. The zero-order chi connectivity index (χ0) is 22.7. The summed E-state index contributed by atoms with van der Waals surface area (Å²) in [4.78, 5) is 17.0. The van der Waals surface area contributed by atoms with Gasteiger partial charge in [0.2, 0.25) is 5.91 Å². The molecule has 3 N–H and O–H groups in total. The number of anilines is 1. The number of halogens is 1. The first-order valence-corrected chi connectivity index (χ1v) is 11.5. The largest absolute Gasteiger partial charge is 0.385 e. The highest BCUT2D eigenvalue weighted by Gasteiger charge is 2.33. The maximum absolute atomic E-state index is 12.2. The van der Waals surface area contributed by atoms with Crippen molar-refractivity contribution >= 4 is 41.5 Å². The number of hydrogen-bond acceptors (Lipinski definition) is 4. The van der Waals surface area contributed by atoms with Crippen molar-refractivity contribution in [2.45, 2.75) is 52.1 Å². The van der Waals surface area contributed by atoms with Crippen LogP contribution in [-0.4, -0.2) is 48.5 Å². The summed E-state index contributed by atoms with van der Waals surface area (Å²) in [6, 6.07) is 9.61. The first-order chi connectivity index (χ1) is 15.6. The molecule has 0 aliphatic heterocycles. The highest BCUT2D eigenvalue weighted by Crippen LogP contribution is 2.40. The van der Waals surface area contributed by atoms with E-state index in [0.29, 0.717) is 12.0 Å². The van der Waals surface area contributed by atoms with Crippen molar-refractivity contribution in [3.8, 4) is 0 Å². The van der Waals surface area contributed by atoms with Gasteiger partial charge in [0.1, 0.15) is 6.54 Å². The van der Waals surface area contributed by atoms with Gasteiger partial charge in [0.05, 0.1) is 6.54 Å². The minimum atomic E-state index is -0.109. The number of carbonyl (C=O) groups excluding carboxylic acids is 1. The fraction of sp³-hybridized carbons (Fsp3) is 0.542. The van der Waals surface area contributed by atoms with Gasteiger partial charge in [-0.2, -0.15) is 5.10 Å². The molecular formula is C24H37IN6O2. The molecule has 0 spiro atoms. The van der Waals surface area contributed by atoms with Gasteiger partial charge in [-0.3, -0.25) is 9.48 Å². The number of aromatic nitrogens is 2. The van der Waals surface area contributed by atoms with Crippen molar-refractivity contribution < 1.29 is 9.53 Å². The topological polar surface area (TPSA) is 92.6 Å². The lowest BCUT2D eigenvalue weighted by atomic mass is 9.83. The van der Waals surface area contributed by atoms with Crippen LogP contribution < -0.4 is 16.0 Å². The van der Waals surface area contributed by atoms with Gasteiger partial charge in [-0.1, -0.05) is 25.0 Å². The maximum atomic E-state index is 12.2. The lowest BCUT2D eigenvalue weighted by Crippen LogP contribution is -2.43. The van der Waals surface area contributed by atoms with Crippen molar-refractivity contribution in [2.24, 2.45) is 10.4 Å². The normalized spacial score (nSPS) is 15.0. The van der Waals surface area contributed by atoms with E-state index >= 15 is 0 Å². The number of guanidine groups is 1. The Bertz CT molecular complexity index is 866. The lowest BCUT2D eigenvalue weighted by molar-refractivity contribution is -0.116. The van der Waals surface area contributed by atoms with E-state index in [9.17, 15) is 4.79 Å². The molecule has 1 fully saturated rings. The van der Waals surface area contributed by atoms with Crippen LogP contribution in [0.5, 0.6) is 0 Å². The van der Waals surface area contributed by atoms with Crippen LogP contribution in [-0.2, 0) is 22.6 Å². The van der Waals surface area contributed by atoms with E-state index in [1.165, 1.54) is 25.7 Å². The van der Waals surface area contributed by atoms with Crippen LogP contribution in [0.3, 0.4) is 0 Å². The number of methoxy groups -OCH3 is 1. The fourth-order valence-electron chi connectivity index (χ4n) is 4.23. The number of amides is 1. The Balaban J connectivity index is 0.00000385. The second-order valence-corrected chi connectivity index (χ2v) is 8.45. The average molecular weight is 569 g/mol. The molecule has 1 heterocycles. The van der Waals surface area contributed by atoms with E-state index in [0.717, 1.165) is 43.3 Å². The van der Waals surface area contributed by atoms with Gasteiger partial charge < -0.3 is 20.7 Å². The first kappa shape index (κ1) is 27.1. The van der Waals surface area contributed by atoms with E-state index in [1.807, 2.05) is 24.3 Å². The Kier molecular flexibility index (Phi) is 11.7. The smallest absolute Gasteiger partial charge is 0.246 e. The lowest BCUT2D eigenvalue weighted by Gasteiger charge is -2.30. The van der Waals surface area contributed by atoms with Crippen molar-refractivity contribution in [3.63, 3.8) is 0 Å². The molecule has 33 heavy (non-hydrogen) atoms. The Morgan fingerprint density at radius 3 is 2.76 bits per heavy atom. The van der Waals surface area contributed by atoms with Crippen LogP contribution in [0, 0.1) is 5.41 Å². The Morgan fingerprint density at radius 2 is 2.06 bits per heavy atom. The number of aliphatic imine (C=N–C) groups is 1. The Morgan fingerprint density at radius 1 is 1.24 bits per heavy atom. The summed E-state index contributed by atoms with van der Waals surface area (Å²) >= 11 is 0. The summed E-state index contributed by atoms with van der Waals surface area (Å²) in [7, 11) is 1.77. The summed E-state index contributed by atoms with van der Waals surface area (Å²) in [5, 5.41) is 13.9. The number of rotatable bonds is 11. The summed E-state index contributed by atoms with van der Waals surface area (Å²) in [5.74, 6) is 0.714. The molecular weight excluding hydrogens is 531 g/mol. The minimum Gasteiger partial charge on any atom is -0.385 e. The third-order valence-electron chi connectivity index (χ3n) is 5.97. The van der Waals surface area contributed by atoms with Crippen molar-refractivity contribution in [2.75, 3.05) is 32.1 Å². The quantitative estimate of drug-likeness (QED) is 0.218. The zero-order valence-electron chi connectivity index (χ0n) is 19.7. The number of nitrogens with one attached hydrogen (secondary N) is 3. The molecule has 0 saturated heterocycles. The van der Waals surface area contributed by atoms with E-state index < -0.39 is 0 Å². The Hall–Kier alpha value is -2.14. The molecule has 0 unspecified atom stereocenters. The molecule has 2 aromatic rings. The van der Waals surface area contributed by atoms with Gasteiger partial charge in [0, 0.05) is 44.9 Å². The van der Waals surface area contributed by atoms with Crippen molar-refractivity contribution in [1.29, 1.82) is 0 Å². The second-order valence-electron chi connectivity index (χ2n) is 8.45. The molecule has 8 nitrogen and oxygen atoms in total. The minimum absolute atomic E-state index is 0. The van der Waals surface area contributed by atoms with Crippen molar-refractivity contribution in [1.82, 2.24) is 20.4 Å². The predicted molar refractivity (Wildman–Crippen MR) is 143 cm³/mol. The molecule has 1 aliphatic carbocycles. The SMILES string of the molecule is CCNC(=NCc1cccc(NC(=O)Cn2cccn2)c1)NCC1(CCOC)CCCC1.I. The van der Waals surface area contributed by atoms with Crippen LogP contribution in [0.4, 0.5) is 5.69 Å². The number of benzene rings is 1. The highest BCUT2D eigenvalue weighted by molar-refractivity contribution is 14.0. The monoisotopic (exact) mass is 568 g/mol. The zero-order valence-corrected chi connectivity index (χ0v) is 22.0. The number of nitrogens with zero attached hydrogens (tertiary/aromatic N) is 3. The van der Waals surface area contributed by atoms with Crippen LogP contribution >= 0.6 is 24.0 Å². The summed E-state index contributed by atoms with van der Waals surface area (Å²) in [5.41, 5.74) is 2.09. The van der Waals surface area contributed by atoms with Crippen LogP contribution in [0.1, 0.15) is 44.6 Å². The highest BCUT2D eigenvalue weighted by atomic mass is 127. The van der Waals surface area contributed by atoms with E-state index in [4.69, 9.17) is 9.73 Å². The average Bonchev–Trinajstić information content (AvgIpc) is 3.47. The predicted octanol–water partition coefficient (Wildman–Crippen LogP) is 3.79. The molecule has 1 saturated carbocycles. The summed E-state index contributed by atoms with van der Waals surface area (Å²) in [6.45, 7) is 5.31. The molecule has 1 aromatic carbocycles. The molecule has 0 bridgehead atoms. The second kappa shape index (κ2) is 14.2. The van der Waals surface area contributed by atoms with Gasteiger partial charge in [0.25, 0.3) is 0 Å². The van der Waals surface area contributed by atoms with Gasteiger partial charge in [-0.25, -0.2) is 4.99 Å². The standard InChI is InChI=1S/C24H36N6O2.HI/c1-3-25-23(27-19-24(12-15-32-2)10-4-5-11-24)26-17-20-8-6-9-21(16-20)29-22(31)18-30-14-7-13-28-30;/h6-9,13-14,16H,3-5,10-12,15,17-19H2,1-2H3,(H,29,31)(H2,25,26,27);1H. The maximum Gasteiger partial charge on any atom is 0.246 e. The fourth-order valence-corrected chi connectivity index (χ4v) is 4.23. The van der Waals surface area contributed by atoms with E-state index in [1.54, 1.807) is 30.3 Å². The van der Waals surface area contributed by atoms with E-state index in [2.05, 4.69) is 28.0 Å². The van der Waals surface area contributed by atoms with Gasteiger partial charge in [-0.15, -0.1) is 24.0 Å². The number of ether oxygens (including phenoxy) is 1. The third kappa shape index (κ3) is 8.96. The molecule has 9 heteroatoms. The van der Waals surface area contributed by atoms with Crippen LogP contribution in [0.25, 0.3) is 0 Å². The van der Waals surface area contributed by atoms with Gasteiger partial charge in [-0.05, 0) is 55.4 Å². The molecule has 182 valence electrons. The van der Waals surface area contributed by atoms with Crippen molar-refractivity contribution in [3.05, 3.63) is 48.3 Å². The van der Waals surface area contributed by atoms with Crippen LogP contribution in [0.2, 0.25) is 0 Å². The first-order valence-electron chi connectivity index (χ1n) is 11.5. The number of hydrogen-bond donors (Lipinski definition) is 3. The van der Waals surface area contributed by atoms with Crippen LogP contribution in [0.15, 0.2) is 47.7 Å². The van der Waals surface area contributed by atoms with Gasteiger partial charge >= 0.3 is 0 Å². The molecule has 1 aliphatic rings. The summed E-state index contributed by atoms with van der Waals surface area (Å²) < 4.78 is 6.95. The molecule has 1 aromatic heterocycles. The molecule has 1 amide bonds. The molecule has 3 rings (SSSR count). The number of carbonyl (C=O) groups is 1. The van der Waals surface area contributed by atoms with E-state index in [-0.39, 0.29) is 36.4 Å². The molecule has 0 atom stereocenters. The molecule has 0 radical (unpaired) electrons. The Labute approximate surface area is 214 Å².